The molecule has 1 aromatic heterocycles. The van der Waals surface area contributed by atoms with E-state index in [0.29, 0.717) is 6.04 Å². The maximum atomic E-state index is 5.31. The van der Waals surface area contributed by atoms with Gasteiger partial charge in [-0.05, 0) is 44.4 Å². The molecule has 80 valence electrons. The molecule has 2 rings (SSSR count). The monoisotopic (exact) mass is 219 g/mol. The lowest BCUT2D eigenvalue weighted by atomic mass is 10.1. The van der Waals surface area contributed by atoms with E-state index in [-0.39, 0.29) is 0 Å². The van der Waals surface area contributed by atoms with Crippen molar-refractivity contribution in [1.82, 2.24) is 5.32 Å². The van der Waals surface area contributed by atoms with Crippen LogP contribution in [0, 0.1) is 12.3 Å². The zero-order chi connectivity index (χ0) is 10.7. The molecule has 2 heteroatoms. The van der Waals surface area contributed by atoms with E-state index in [1.54, 1.807) is 10.4 Å². The molecule has 0 aromatic carbocycles. The van der Waals surface area contributed by atoms with Gasteiger partial charge in [-0.15, -0.1) is 23.7 Å². The van der Waals surface area contributed by atoms with Crippen molar-refractivity contribution < 1.29 is 0 Å². The zero-order valence-electron chi connectivity index (χ0n) is 9.18. The van der Waals surface area contributed by atoms with Gasteiger partial charge in [0.05, 0.1) is 0 Å². The van der Waals surface area contributed by atoms with Gasteiger partial charge < -0.3 is 5.32 Å². The number of rotatable bonds is 4. The van der Waals surface area contributed by atoms with E-state index in [2.05, 4.69) is 17.3 Å². The van der Waals surface area contributed by atoms with Gasteiger partial charge in [0.2, 0.25) is 0 Å². The molecule has 0 saturated carbocycles. The highest BCUT2D eigenvalue weighted by atomic mass is 32.1. The molecule has 15 heavy (non-hydrogen) atoms. The molecule has 1 heterocycles. The summed E-state index contributed by atoms with van der Waals surface area (Å²) in [6.45, 7) is 0. The van der Waals surface area contributed by atoms with E-state index in [1.807, 2.05) is 18.4 Å². The Labute approximate surface area is 95.9 Å². The van der Waals surface area contributed by atoms with Crippen LogP contribution in [-0.2, 0) is 12.8 Å². The predicted octanol–water partition coefficient (Wildman–Crippen LogP) is 2.91. The van der Waals surface area contributed by atoms with Gasteiger partial charge in [0.15, 0.2) is 0 Å². The van der Waals surface area contributed by atoms with Gasteiger partial charge in [0.1, 0.15) is 0 Å². The van der Waals surface area contributed by atoms with Gasteiger partial charge in [-0.3, -0.25) is 0 Å². The van der Waals surface area contributed by atoms with Crippen LogP contribution in [0.25, 0.3) is 0 Å². The molecule has 1 unspecified atom stereocenters. The van der Waals surface area contributed by atoms with E-state index in [1.165, 1.54) is 24.1 Å². The van der Waals surface area contributed by atoms with E-state index in [0.717, 1.165) is 12.8 Å². The molecule has 1 atom stereocenters. The number of hydrogen-bond acceptors (Lipinski definition) is 2. The molecule has 1 aliphatic rings. The number of terminal acetylenes is 1. The molecule has 1 N–H and O–H groups in total. The lowest BCUT2D eigenvalue weighted by Gasteiger charge is -2.12. The lowest BCUT2D eigenvalue weighted by molar-refractivity contribution is 0.567. The third kappa shape index (κ3) is 2.25. The molecule has 0 radical (unpaired) electrons. The van der Waals surface area contributed by atoms with E-state index in [4.69, 9.17) is 6.42 Å². The Bertz CT molecular complexity index is 351. The smallest absolute Gasteiger partial charge is 0.0421 e. The summed E-state index contributed by atoms with van der Waals surface area (Å²) in [7, 11) is 2.02. The van der Waals surface area contributed by atoms with Crippen molar-refractivity contribution in [2.24, 2.45) is 0 Å². The fourth-order valence-electron chi connectivity index (χ4n) is 2.18. The fourth-order valence-corrected chi connectivity index (χ4v) is 3.58. The molecule has 1 nitrogen and oxygen atoms in total. The first-order valence-electron chi connectivity index (χ1n) is 5.57. The van der Waals surface area contributed by atoms with Crippen LogP contribution in [0.15, 0.2) is 6.07 Å². The minimum absolute atomic E-state index is 0.455. The molecule has 0 aliphatic heterocycles. The Morgan fingerprint density at radius 2 is 2.47 bits per heavy atom. The zero-order valence-corrected chi connectivity index (χ0v) is 9.99. The Hall–Kier alpha value is -0.780. The van der Waals surface area contributed by atoms with Gasteiger partial charge in [0.25, 0.3) is 0 Å². The highest BCUT2D eigenvalue weighted by Gasteiger charge is 2.18. The summed E-state index contributed by atoms with van der Waals surface area (Å²) in [5.41, 5.74) is 1.58. The van der Waals surface area contributed by atoms with Gasteiger partial charge >= 0.3 is 0 Å². The first-order chi connectivity index (χ1) is 7.35. The molecule has 1 aromatic rings. The van der Waals surface area contributed by atoms with Crippen molar-refractivity contribution in [2.75, 3.05) is 7.05 Å². The highest BCUT2D eigenvalue weighted by molar-refractivity contribution is 7.12. The van der Waals surface area contributed by atoms with Crippen LogP contribution >= 0.6 is 11.3 Å². The summed E-state index contributed by atoms with van der Waals surface area (Å²) < 4.78 is 0. The molecular formula is C13H17NS. The maximum absolute atomic E-state index is 5.31. The molecule has 0 amide bonds. The van der Waals surface area contributed by atoms with Crippen LogP contribution < -0.4 is 5.32 Å². The fraction of sp³-hybridized carbons (Fsp3) is 0.538. The molecular weight excluding hydrogens is 202 g/mol. The standard InChI is InChI=1S/C13H17NS/c1-3-4-7-11(14-2)13-9-10-6-5-8-12(10)15-13/h1,9,11,14H,4-8H2,2H3. The molecule has 0 fully saturated rings. The normalized spacial score (nSPS) is 16.0. The average molecular weight is 219 g/mol. The Balaban J connectivity index is 2.10. The van der Waals surface area contributed by atoms with Crippen LogP contribution in [0.1, 0.15) is 40.6 Å². The summed E-state index contributed by atoms with van der Waals surface area (Å²) in [4.78, 5) is 3.07. The molecule has 0 saturated heterocycles. The van der Waals surface area contributed by atoms with Gasteiger partial charge in [-0.2, -0.15) is 0 Å². The highest BCUT2D eigenvalue weighted by Crippen LogP contribution is 2.34. The minimum atomic E-state index is 0.455. The van der Waals surface area contributed by atoms with Crippen LogP contribution in [0.3, 0.4) is 0 Å². The van der Waals surface area contributed by atoms with Gasteiger partial charge in [0, 0.05) is 22.2 Å². The van der Waals surface area contributed by atoms with Crippen LogP contribution in [0.2, 0.25) is 0 Å². The SMILES string of the molecule is C#CCCC(NC)c1cc2c(s1)CCC2. The van der Waals surface area contributed by atoms with Crippen molar-refractivity contribution in [3.63, 3.8) is 0 Å². The first kappa shape index (κ1) is 10.7. The van der Waals surface area contributed by atoms with Crippen LogP contribution in [0.4, 0.5) is 0 Å². The quantitative estimate of drug-likeness (QED) is 0.768. The van der Waals surface area contributed by atoms with E-state index in [9.17, 15) is 0 Å². The van der Waals surface area contributed by atoms with Gasteiger partial charge in [-0.1, -0.05) is 0 Å². The van der Waals surface area contributed by atoms with Crippen LogP contribution in [0.5, 0.6) is 0 Å². The summed E-state index contributed by atoms with van der Waals surface area (Å²) >= 11 is 1.97. The second-order valence-electron chi connectivity index (χ2n) is 4.03. The van der Waals surface area contributed by atoms with Gasteiger partial charge in [-0.25, -0.2) is 0 Å². The predicted molar refractivity (Wildman–Crippen MR) is 66.2 cm³/mol. The van der Waals surface area contributed by atoms with Crippen molar-refractivity contribution in [3.05, 3.63) is 21.4 Å². The number of nitrogens with one attached hydrogen (secondary N) is 1. The molecule has 0 spiro atoms. The Morgan fingerprint density at radius 3 is 3.13 bits per heavy atom. The minimum Gasteiger partial charge on any atom is -0.312 e. The van der Waals surface area contributed by atoms with Crippen LogP contribution in [-0.4, -0.2) is 7.05 Å². The average Bonchev–Trinajstić information content (AvgIpc) is 2.79. The van der Waals surface area contributed by atoms with E-state index < -0.39 is 0 Å². The number of aryl methyl sites for hydroxylation is 2. The van der Waals surface area contributed by atoms with E-state index >= 15 is 0 Å². The molecule has 0 bridgehead atoms. The number of thiophene rings is 1. The molecule has 1 aliphatic carbocycles. The third-order valence-corrected chi connectivity index (χ3v) is 4.39. The summed E-state index contributed by atoms with van der Waals surface area (Å²) in [6, 6.07) is 2.83. The second kappa shape index (κ2) is 4.83. The summed E-state index contributed by atoms with van der Waals surface area (Å²) in [6.07, 6.45) is 11.1. The number of hydrogen-bond donors (Lipinski definition) is 1. The third-order valence-electron chi connectivity index (χ3n) is 3.03. The number of fused-ring (bicyclic) bond motifs is 1. The van der Waals surface area contributed by atoms with Crippen molar-refractivity contribution in [2.45, 2.75) is 38.1 Å². The summed E-state index contributed by atoms with van der Waals surface area (Å²) in [5, 5.41) is 3.36. The Morgan fingerprint density at radius 1 is 1.60 bits per heavy atom. The first-order valence-corrected chi connectivity index (χ1v) is 6.39. The summed E-state index contributed by atoms with van der Waals surface area (Å²) in [5.74, 6) is 2.72. The van der Waals surface area contributed by atoms with Crippen molar-refractivity contribution in [1.29, 1.82) is 0 Å². The largest absolute Gasteiger partial charge is 0.312 e. The van der Waals surface area contributed by atoms with Crippen molar-refractivity contribution in [3.8, 4) is 12.3 Å². The topological polar surface area (TPSA) is 12.0 Å². The van der Waals surface area contributed by atoms with Crippen molar-refractivity contribution >= 4 is 11.3 Å². The Kier molecular flexibility index (Phi) is 3.45. The second-order valence-corrected chi connectivity index (χ2v) is 5.20. The maximum Gasteiger partial charge on any atom is 0.0421 e. The lowest BCUT2D eigenvalue weighted by Crippen LogP contribution is -2.14.